The second kappa shape index (κ2) is 5.00. The first-order valence-corrected chi connectivity index (χ1v) is 6.35. The maximum atomic E-state index is 14.3. The summed E-state index contributed by atoms with van der Waals surface area (Å²) < 4.78 is 33.0. The molecule has 0 aromatic heterocycles. The molecule has 0 aromatic carbocycles. The molecule has 4 atom stereocenters. The molecule has 6 heteroatoms. The molecule has 1 saturated heterocycles. The van der Waals surface area contributed by atoms with Crippen LogP contribution in [0.15, 0.2) is 12.3 Å². The number of carbonyl (C=O) groups excluding carboxylic acids is 2. The maximum Gasteiger partial charge on any atom is 0.236 e. The molecule has 0 radical (unpaired) electrons. The summed E-state index contributed by atoms with van der Waals surface area (Å²) in [6.45, 7) is 2.51. The summed E-state index contributed by atoms with van der Waals surface area (Å²) in [4.78, 5) is 23.9. The summed E-state index contributed by atoms with van der Waals surface area (Å²) in [7, 11) is 0. The lowest BCUT2D eigenvalue weighted by molar-refractivity contribution is -0.154. The van der Waals surface area contributed by atoms with Gasteiger partial charge in [0.25, 0.3) is 0 Å². The number of amides is 1. The van der Waals surface area contributed by atoms with E-state index in [0.717, 1.165) is 4.90 Å². The van der Waals surface area contributed by atoms with Gasteiger partial charge in [-0.15, -0.1) is 0 Å². The van der Waals surface area contributed by atoms with E-state index in [9.17, 15) is 18.4 Å². The van der Waals surface area contributed by atoms with Crippen molar-refractivity contribution in [3.05, 3.63) is 12.3 Å². The van der Waals surface area contributed by atoms with Crippen LogP contribution in [0, 0.1) is 5.92 Å². The molecule has 0 aliphatic carbocycles. The maximum absolute atomic E-state index is 14.3. The van der Waals surface area contributed by atoms with E-state index >= 15 is 0 Å². The summed E-state index contributed by atoms with van der Waals surface area (Å²) in [6.07, 6.45) is -0.163. The normalized spacial score (nSPS) is 39.2. The number of nitrogens with zero attached hydrogens (tertiary/aromatic N) is 1. The lowest BCUT2D eigenvalue weighted by atomic mass is 9.86. The van der Waals surface area contributed by atoms with Crippen molar-refractivity contribution in [2.45, 2.75) is 44.7 Å². The SMILES string of the molecule is CC[C@@]1(CF)O[C@@H](N2C=CC(=O)CC2=O)[C@@H](F)[C@@H]1C. The van der Waals surface area contributed by atoms with Crippen molar-refractivity contribution in [3.8, 4) is 0 Å². The topological polar surface area (TPSA) is 46.6 Å². The van der Waals surface area contributed by atoms with Crippen LogP contribution in [-0.4, -0.2) is 41.3 Å². The molecule has 0 N–H and O–H groups in total. The Hall–Kier alpha value is -1.30. The lowest BCUT2D eigenvalue weighted by Crippen LogP contribution is -2.44. The van der Waals surface area contributed by atoms with Crippen LogP contribution in [0.1, 0.15) is 26.7 Å². The highest BCUT2D eigenvalue weighted by Crippen LogP contribution is 2.42. The fraction of sp³-hybridized carbons (Fsp3) is 0.692. The van der Waals surface area contributed by atoms with Gasteiger partial charge in [-0.25, -0.2) is 8.78 Å². The molecule has 0 bridgehead atoms. The van der Waals surface area contributed by atoms with Gasteiger partial charge >= 0.3 is 0 Å². The highest BCUT2D eigenvalue weighted by Gasteiger charge is 2.55. The smallest absolute Gasteiger partial charge is 0.236 e. The minimum atomic E-state index is -1.47. The molecule has 2 heterocycles. The molecule has 1 amide bonds. The first kappa shape index (κ1) is 14.1. The van der Waals surface area contributed by atoms with E-state index < -0.39 is 36.5 Å². The molecule has 2 rings (SSSR count). The van der Waals surface area contributed by atoms with Gasteiger partial charge < -0.3 is 4.74 Å². The summed E-state index contributed by atoms with van der Waals surface area (Å²) in [5.41, 5.74) is -1.19. The monoisotopic (exact) mass is 273 g/mol. The Morgan fingerprint density at radius 2 is 2.21 bits per heavy atom. The minimum absolute atomic E-state index is 0.299. The van der Waals surface area contributed by atoms with Crippen LogP contribution in [-0.2, 0) is 14.3 Å². The van der Waals surface area contributed by atoms with Crippen LogP contribution in [0.2, 0.25) is 0 Å². The number of rotatable bonds is 3. The third kappa shape index (κ3) is 2.18. The molecule has 2 aliphatic rings. The van der Waals surface area contributed by atoms with Crippen molar-refractivity contribution in [1.82, 2.24) is 4.90 Å². The van der Waals surface area contributed by atoms with Crippen molar-refractivity contribution >= 4 is 11.7 Å². The quantitative estimate of drug-likeness (QED) is 0.736. The van der Waals surface area contributed by atoms with Gasteiger partial charge in [-0.1, -0.05) is 13.8 Å². The van der Waals surface area contributed by atoms with Crippen LogP contribution >= 0.6 is 0 Å². The van der Waals surface area contributed by atoms with E-state index in [1.165, 1.54) is 12.3 Å². The van der Waals surface area contributed by atoms with E-state index in [-0.39, 0.29) is 12.2 Å². The zero-order chi connectivity index (χ0) is 14.2. The Labute approximate surface area is 110 Å². The number of hydrogen-bond donors (Lipinski definition) is 0. The number of hydrogen-bond acceptors (Lipinski definition) is 3. The molecule has 4 nitrogen and oxygen atoms in total. The van der Waals surface area contributed by atoms with Crippen molar-refractivity contribution in [1.29, 1.82) is 0 Å². The van der Waals surface area contributed by atoms with Crippen molar-refractivity contribution < 1.29 is 23.1 Å². The van der Waals surface area contributed by atoms with Gasteiger partial charge in [0, 0.05) is 12.1 Å². The third-order valence-electron chi connectivity index (χ3n) is 4.07. The summed E-state index contributed by atoms with van der Waals surface area (Å²) in [5.74, 6) is -1.49. The standard InChI is InChI=1S/C13H17F2NO3/c1-3-13(7-14)8(2)11(15)12(19-13)16-5-4-9(17)6-10(16)18/h4-5,8,11-12H,3,6-7H2,1-2H3/t8-,11-,12+,13-/m0/s1. The zero-order valence-electron chi connectivity index (χ0n) is 10.9. The molecule has 106 valence electrons. The molecule has 0 spiro atoms. The van der Waals surface area contributed by atoms with Gasteiger partial charge in [0.15, 0.2) is 18.2 Å². The number of halogens is 2. The fourth-order valence-electron chi connectivity index (χ4n) is 2.59. The number of ketones is 1. The Morgan fingerprint density at radius 3 is 2.68 bits per heavy atom. The first-order valence-electron chi connectivity index (χ1n) is 6.35. The van der Waals surface area contributed by atoms with Crippen LogP contribution in [0.4, 0.5) is 8.78 Å². The average molecular weight is 273 g/mol. The third-order valence-corrected chi connectivity index (χ3v) is 4.07. The summed E-state index contributed by atoms with van der Waals surface area (Å²) in [5, 5.41) is 0. The molecular formula is C13H17F2NO3. The van der Waals surface area contributed by atoms with Crippen molar-refractivity contribution in [2.75, 3.05) is 6.67 Å². The number of alkyl halides is 2. The molecule has 0 unspecified atom stereocenters. The average Bonchev–Trinajstić information content (AvgIpc) is 2.64. The van der Waals surface area contributed by atoms with Gasteiger partial charge in [0.2, 0.25) is 5.91 Å². The first-order chi connectivity index (χ1) is 8.95. The van der Waals surface area contributed by atoms with Gasteiger partial charge in [-0.05, 0) is 12.5 Å². The summed E-state index contributed by atoms with van der Waals surface area (Å²) >= 11 is 0. The molecule has 0 aromatic rings. The number of carbonyl (C=O) groups is 2. The van der Waals surface area contributed by atoms with E-state index in [4.69, 9.17) is 4.74 Å². The zero-order valence-corrected chi connectivity index (χ0v) is 10.9. The Morgan fingerprint density at radius 1 is 1.53 bits per heavy atom. The molecule has 1 fully saturated rings. The minimum Gasteiger partial charge on any atom is -0.345 e. The van der Waals surface area contributed by atoms with Crippen molar-refractivity contribution in [3.63, 3.8) is 0 Å². The van der Waals surface area contributed by atoms with Gasteiger partial charge in [0.05, 0.1) is 6.42 Å². The number of ether oxygens (including phenoxy) is 1. The predicted octanol–water partition coefficient (Wildman–Crippen LogP) is 1.75. The van der Waals surface area contributed by atoms with E-state index in [1.54, 1.807) is 13.8 Å². The largest absolute Gasteiger partial charge is 0.345 e. The highest BCUT2D eigenvalue weighted by atomic mass is 19.1. The van der Waals surface area contributed by atoms with E-state index in [2.05, 4.69) is 0 Å². The van der Waals surface area contributed by atoms with Gasteiger partial charge in [-0.2, -0.15) is 0 Å². The van der Waals surface area contributed by atoms with Crippen LogP contribution < -0.4 is 0 Å². The Balaban J connectivity index is 2.25. The van der Waals surface area contributed by atoms with Gasteiger partial charge in [0.1, 0.15) is 12.3 Å². The van der Waals surface area contributed by atoms with Crippen LogP contribution in [0.25, 0.3) is 0 Å². The highest BCUT2D eigenvalue weighted by molar-refractivity contribution is 6.06. The predicted molar refractivity (Wildman–Crippen MR) is 63.5 cm³/mol. The Bertz CT molecular complexity index is 420. The number of allylic oxidation sites excluding steroid dienone is 1. The second-order valence-corrected chi connectivity index (χ2v) is 5.05. The van der Waals surface area contributed by atoms with Gasteiger partial charge in [-0.3, -0.25) is 14.5 Å². The van der Waals surface area contributed by atoms with Crippen LogP contribution in [0.3, 0.4) is 0 Å². The van der Waals surface area contributed by atoms with Crippen LogP contribution in [0.5, 0.6) is 0 Å². The Kier molecular flexibility index (Phi) is 3.71. The van der Waals surface area contributed by atoms with E-state index in [0.29, 0.717) is 6.42 Å². The fourth-order valence-corrected chi connectivity index (χ4v) is 2.59. The molecule has 0 saturated carbocycles. The molecule has 19 heavy (non-hydrogen) atoms. The second-order valence-electron chi connectivity index (χ2n) is 5.05. The lowest BCUT2D eigenvalue weighted by Gasteiger charge is -2.31. The molecular weight excluding hydrogens is 256 g/mol. The van der Waals surface area contributed by atoms with E-state index in [1.807, 2.05) is 0 Å². The molecule has 2 aliphatic heterocycles. The van der Waals surface area contributed by atoms with Crippen molar-refractivity contribution in [2.24, 2.45) is 5.92 Å². The summed E-state index contributed by atoms with van der Waals surface area (Å²) in [6, 6.07) is 0.